The van der Waals surface area contributed by atoms with E-state index in [-0.39, 0.29) is 29.5 Å². The van der Waals surface area contributed by atoms with Gasteiger partial charge in [-0.3, -0.25) is 0 Å². The fourth-order valence-corrected chi connectivity index (χ4v) is 6.89. The Morgan fingerprint density at radius 1 is 1.17 bits per heavy atom. The van der Waals surface area contributed by atoms with E-state index in [0.29, 0.717) is 23.7 Å². The number of fused-ring (bicyclic) bond motifs is 1. The molecule has 0 bridgehead atoms. The standard InChI is InChI=1S/C21H37NO2/c1-13-18(21(4)7-5-17(24)10-16(21)12-23)6-8-20(3)14(2)15(11-22)9-19(13)20/h13,15-19,23-24H,2,5-12,22H2,1,3-4H3/t13-,15?,16?,17?,18?,19?,20?,21?/m1/s1. The van der Waals surface area contributed by atoms with E-state index in [1.165, 1.54) is 24.8 Å². The Kier molecular flexibility index (Phi) is 4.92. The summed E-state index contributed by atoms with van der Waals surface area (Å²) in [5.41, 5.74) is 7.81. The predicted octanol–water partition coefficient (Wildman–Crippen LogP) is 3.35. The topological polar surface area (TPSA) is 66.5 Å². The van der Waals surface area contributed by atoms with Crippen molar-refractivity contribution in [2.24, 2.45) is 46.2 Å². The normalized spacial score (nSPS) is 52.3. The molecule has 3 heteroatoms. The Morgan fingerprint density at radius 2 is 1.88 bits per heavy atom. The molecule has 0 saturated heterocycles. The largest absolute Gasteiger partial charge is 0.396 e. The van der Waals surface area contributed by atoms with Crippen molar-refractivity contribution in [1.82, 2.24) is 0 Å². The van der Waals surface area contributed by atoms with Crippen molar-refractivity contribution in [2.75, 3.05) is 13.2 Å². The van der Waals surface area contributed by atoms with E-state index in [4.69, 9.17) is 5.73 Å². The van der Waals surface area contributed by atoms with Crippen LogP contribution in [0.25, 0.3) is 0 Å². The summed E-state index contributed by atoms with van der Waals surface area (Å²) in [5.74, 6) is 2.64. The van der Waals surface area contributed by atoms with E-state index in [2.05, 4.69) is 27.4 Å². The third kappa shape index (κ3) is 2.59. The number of aliphatic hydroxyl groups is 2. The highest BCUT2D eigenvalue weighted by Crippen LogP contribution is 2.64. The molecule has 3 nitrogen and oxygen atoms in total. The summed E-state index contributed by atoms with van der Waals surface area (Å²) in [4.78, 5) is 0. The Morgan fingerprint density at radius 3 is 2.50 bits per heavy atom. The van der Waals surface area contributed by atoms with Crippen molar-refractivity contribution in [3.8, 4) is 0 Å². The molecule has 0 heterocycles. The first-order valence-electron chi connectivity index (χ1n) is 9.96. The molecular formula is C21H37NO2. The van der Waals surface area contributed by atoms with Crippen LogP contribution in [0.2, 0.25) is 0 Å². The van der Waals surface area contributed by atoms with Crippen LogP contribution in [0, 0.1) is 40.4 Å². The van der Waals surface area contributed by atoms with Crippen molar-refractivity contribution >= 4 is 0 Å². The second-order valence-corrected chi connectivity index (χ2v) is 9.54. The minimum atomic E-state index is -0.229. The number of aliphatic hydroxyl groups excluding tert-OH is 2. The van der Waals surface area contributed by atoms with Crippen LogP contribution in [0.1, 0.15) is 59.3 Å². The Bertz CT molecular complexity index is 492. The first-order valence-corrected chi connectivity index (χ1v) is 9.96. The van der Waals surface area contributed by atoms with Gasteiger partial charge in [-0.25, -0.2) is 0 Å². The summed E-state index contributed by atoms with van der Waals surface area (Å²) in [7, 11) is 0. The minimum absolute atomic E-state index is 0.150. The molecule has 0 aromatic rings. The molecule has 8 atom stereocenters. The fraction of sp³-hybridized carbons (Fsp3) is 0.905. The maximum atomic E-state index is 10.1. The van der Waals surface area contributed by atoms with E-state index in [9.17, 15) is 10.2 Å². The number of hydrogen-bond donors (Lipinski definition) is 3. The quantitative estimate of drug-likeness (QED) is 0.693. The summed E-state index contributed by atoms with van der Waals surface area (Å²) in [6, 6.07) is 0. The third-order valence-electron chi connectivity index (χ3n) is 8.68. The first-order chi connectivity index (χ1) is 11.3. The molecule has 7 unspecified atom stereocenters. The van der Waals surface area contributed by atoms with Gasteiger partial charge in [0.15, 0.2) is 0 Å². The van der Waals surface area contributed by atoms with E-state index in [1.54, 1.807) is 0 Å². The van der Waals surface area contributed by atoms with Gasteiger partial charge < -0.3 is 15.9 Å². The van der Waals surface area contributed by atoms with Crippen LogP contribution in [-0.2, 0) is 0 Å². The number of hydrogen-bond acceptors (Lipinski definition) is 3. The zero-order valence-electron chi connectivity index (χ0n) is 15.8. The van der Waals surface area contributed by atoms with Crippen molar-refractivity contribution in [3.63, 3.8) is 0 Å². The van der Waals surface area contributed by atoms with E-state index in [0.717, 1.165) is 25.8 Å². The lowest BCUT2D eigenvalue weighted by molar-refractivity contribution is -0.0898. The van der Waals surface area contributed by atoms with E-state index >= 15 is 0 Å². The van der Waals surface area contributed by atoms with Crippen LogP contribution in [-0.4, -0.2) is 29.5 Å². The van der Waals surface area contributed by atoms with Gasteiger partial charge in [-0.05, 0) is 85.5 Å². The highest BCUT2D eigenvalue weighted by molar-refractivity contribution is 5.24. The van der Waals surface area contributed by atoms with Crippen LogP contribution in [0.15, 0.2) is 12.2 Å². The molecule has 3 aliphatic carbocycles. The van der Waals surface area contributed by atoms with Crippen LogP contribution >= 0.6 is 0 Å². The van der Waals surface area contributed by atoms with E-state index < -0.39 is 0 Å². The molecule has 24 heavy (non-hydrogen) atoms. The van der Waals surface area contributed by atoms with Gasteiger partial charge in [0.05, 0.1) is 6.10 Å². The van der Waals surface area contributed by atoms with Gasteiger partial charge in [0.1, 0.15) is 0 Å². The molecule has 0 aromatic heterocycles. The maximum Gasteiger partial charge on any atom is 0.0544 e. The average molecular weight is 336 g/mol. The summed E-state index contributed by atoms with van der Waals surface area (Å²) >= 11 is 0. The summed E-state index contributed by atoms with van der Waals surface area (Å²) < 4.78 is 0. The molecule has 138 valence electrons. The van der Waals surface area contributed by atoms with Gasteiger partial charge in [-0.15, -0.1) is 0 Å². The smallest absolute Gasteiger partial charge is 0.0544 e. The first kappa shape index (κ1) is 18.4. The van der Waals surface area contributed by atoms with Gasteiger partial charge in [0, 0.05) is 6.61 Å². The highest BCUT2D eigenvalue weighted by atomic mass is 16.3. The Hall–Kier alpha value is -0.380. The lowest BCUT2D eigenvalue weighted by Gasteiger charge is -2.56. The fourth-order valence-electron chi connectivity index (χ4n) is 6.89. The monoisotopic (exact) mass is 335 g/mol. The molecule has 0 spiro atoms. The highest BCUT2D eigenvalue weighted by Gasteiger charge is 2.57. The van der Waals surface area contributed by atoms with Crippen molar-refractivity contribution in [3.05, 3.63) is 12.2 Å². The predicted molar refractivity (Wildman–Crippen MR) is 98.3 cm³/mol. The molecule has 3 rings (SSSR count). The van der Waals surface area contributed by atoms with Gasteiger partial charge in [-0.1, -0.05) is 32.9 Å². The van der Waals surface area contributed by atoms with Crippen molar-refractivity contribution in [2.45, 2.75) is 65.4 Å². The van der Waals surface area contributed by atoms with Gasteiger partial charge in [-0.2, -0.15) is 0 Å². The zero-order chi connectivity index (χ0) is 17.7. The van der Waals surface area contributed by atoms with Crippen LogP contribution in [0.3, 0.4) is 0 Å². The van der Waals surface area contributed by atoms with Crippen molar-refractivity contribution in [1.29, 1.82) is 0 Å². The molecule has 0 aliphatic heterocycles. The summed E-state index contributed by atoms with van der Waals surface area (Å²) in [6.45, 7) is 12.6. The second kappa shape index (κ2) is 6.41. The number of nitrogens with two attached hydrogens (primary N) is 1. The average Bonchev–Trinajstić information content (AvgIpc) is 2.82. The van der Waals surface area contributed by atoms with Gasteiger partial charge in [0.25, 0.3) is 0 Å². The SMILES string of the molecule is C=C1C(CN)CC2[C@H](C)C(C3(C)CCC(O)CC3CO)CCC12C. The summed E-state index contributed by atoms with van der Waals surface area (Å²) in [6.07, 6.45) is 6.07. The Labute approximate surface area is 147 Å². The Balaban J connectivity index is 1.85. The van der Waals surface area contributed by atoms with Gasteiger partial charge >= 0.3 is 0 Å². The van der Waals surface area contributed by atoms with E-state index in [1.807, 2.05) is 0 Å². The molecular weight excluding hydrogens is 298 g/mol. The molecule has 0 amide bonds. The molecule has 3 fully saturated rings. The lowest BCUT2D eigenvalue weighted by atomic mass is 9.49. The molecule has 0 aromatic carbocycles. The van der Waals surface area contributed by atoms with Crippen LogP contribution in [0.4, 0.5) is 0 Å². The molecule has 4 N–H and O–H groups in total. The minimum Gasteiger partial charge on any atom is -0.396 e. The second-order valence-electron chi connectivity index (χ2n) is 9.54. The number of rotatable bonds is 3. The van der Waals surface area contributed by atoms with Crippen LogP contribution < -0.4 is 5.73 Å². The molecule has 3 aliphatic rings. The lowest BCUT2D eigenvalue weighted by Crippen LogP contribution is -2.50. The zero-order valence-corrected chi connectivity index (χ0v) is 15.8. The maximum absolute atomic E-state index is 10.1. The van der Waals surface area contributed by atoms with Gasteiger partial charge in [0.2, 0.25) is 0 Å². The summed E-state index contributed by atoms with van der Waals surface area (Å²) in [5, 5.41) is 20.0. The molecule has 3 saturated carbocycles. The van der Waals surface area contributed by atoms with Crippen LogP contribution in [0.5, 0.6) is 0 Å². The van der Waals surface area contributed by atoms with Crippen molar-refractivity contribution < 1.29 is 10.2 Å². The molecule has 0 radical (unpaired) electrons. The third-order valence-corrected chi connectivity index (χ3v) is 8.68.